The first kappa shape index (κ1) is 15.3. The second-order valence-electron chi connectivity index (χ2n) is 6.97. The highest BCUT2D eigenvalue weighted by molar-refractivity contribution is 7.80. The SMILES string of the molecule is Cc1cccc(C(N)=S)c1OC1CC(C)CC(C)(C)C1. The van der Waals surface area contributed by atoms with Crippen LogP contribution in [-0.4, -0.2) is 11.1 Å². The van der Waals surface area contributed by atoms with E-state index in [1.807, 2.05) is 12.1 Å². The highest BCUT2D eigenvalue weighted by Crippen LogP contribution is 2.40. The van der Waals surface area contributed by atoms with Gasteiger partial charge in [0.05, 0.1) is 11.7 Å². The maximum absolute atomic E-state index is 6.32. The molecule has 2 atom stereocenters. The third-order valence-corrected chi connectivity index (χ3v) is 4.33. The van der Waals surface area contributed by atoms with Crippen molar-refractivity contribution in [3.63, 3.8) is 0 Å². The molecule has 2 N–H and O–H groups in total. The fourth-order valence-corrected chi connectivity index (χ4v) is 3.68. The van der Waals surface area contributed by atoms with Crippen LogP contribution >= 0.6 is 12.2 Å². The third kappa shape index (κ3) is 3.51. The van der Waals surface area contributed by atoms with Crippen molar-refractivity contribution in [1.29, 1.82) is 0 Å². The second kappa shape index (κ2) is 5.72. The summed E-state index contributed by atoms with van der Waals surface area (Å²) >= 11 is 5.14. The lowest BCUT2D eigenvalue weighted by Crippen LogP contribution is -2.34. The number of hydrogen-bond donors (Lipinski definition) is 1. The molecule has 0 spiro atoms. The van der Waals surface area contributed by atoms with Crippen LogP contribution in [0.15, 0.2) is 18.2 Å². The molecule has 1 fully saturated rings. The zero-order chi connectivity index (χ0) is 14.9. The monoisotopic (exact) mass is 291 g/mol. The molecule has 2 unspecified atom stereocenters. The molecular formula is C17H25NOS. The van der Waals surface area contributed by atoms with Crippen LogP contribution < -0.4 is 10.5 Å². The van der Waals surface area contributed by atoms with Gasteiger partial charge in [0, 0.05) is 0 Å². The van der Waals surface area contributed by atoms with Crippen LogP contribution in [0.1, 0.15) is 51.2 Å². The Bertz CT molecular complexity index is 510. The van der Waals surface area contributed by atoms with E-state index in [2.05, 4.69) is 33.8 Å². The Morgan fingerprint density at radius 3 is 2.65 bits per heavy atom. The predicted octanol–water partition coefficient (Wildman–Crippen LogP) is 4.22. The van der Waals surface area contributed by atoms with Gasteiger partial charge in [0.1, 0.15) is 10.7 Å². The van der Waals surface area contributed by atoms with Crippen LogP contribution in [0.5, 0.6) is 5.75 Å². The molecule has 110 valence electrons. The Kier molecular flexibility index (Phi) is 4.38. The van der Waals surface area contributed by atoms with Gasteiger partial charge in [0.2, 0.25) is 0 Å². The normalized spacial score (nSPS) is 25.2. The summed E-state index contributed by atoms with van der Waals surface area (Å²) in [6.45, 7) is 9.01. The van der Waals surface area contributed by atoms with E-state index in [4.69, 9.17) is 22.7 Å². The molecule has 0 aromatic heterocycles. The first-order valence-electron chi connectivity index (χ1n) is 7.34. The number of benzene rings is 1. The molecule has 0 radical (unpaired) electrons. The number of hydrogen-bond acceptors (Lipinski definition) is 2. The second-order valence-corrected chi connectivity index (χ2v) is 7.41. The maximum Gasteiger partial charge on any atom is 0.132 e. The zero-order valence-corrected chi connectivity index (χ0v) is 13.7. The first-order valence-corrected chi connectivity index (χ1v) is 7.75. The summed E-state index contributed by atoms with van der Waals surface area (Å²) < 4.78 is 6.32. The van der Waals surface area contributed by atoms with Crippen molar-refractivity contribution in [2.24, 2.45) is 17.1 Å². The third-order valence-electron chi connectivity index (χ3n) is 4.11. The van der Waals surface area contributed by atoms with E-state index in [-0.39, 0.29) is 6.10 Å². The summed E-state index contributed by atoms with van der Waals surface area (Å²) in [5.41, 5.74) is 8.12. The van der Waals surface area contributed by atoms with Crippen molar-refractivity contribution < 1.29 is 4.74 Å². The minimum Gasteiger partial charge on any atom is -0.489 e. The van der Waals surface area contributed by atoms with Crippen LogP contribution in [-0.2, 0) is 0 Å². The fraction of sp³-hybridized carbons (Fsp3) is 0.588. The average molecular weight is 291 g/mol. The van der Waals surface area contributed by atoms with Gasteiger partial charge in [-0.05, 0) is 49.1 Å². The number of thiocarbonyl (C=S) groups is 1. The predicted molar refractivity (Wildman–Crippen MR) is 88.3 cm³/mol. The molecule has 0 amide bonds. The van der Waals surface area contributed by atoms with Gasteiger partial charge in [-0.25, -0.2) is 0 Å². The van der Waals surface area contributed by atoms with Crippen molar-refractivity contribution in [1.82, 2.24) is 0 Å². The van der Waals surface area contributed by atoms with E-state index in [1.54, 1.807) is 0 Å². The summed E-state index contributed by atoms with van der Waals surface area (Å²) in [6.07, 6.45) is 3.71. The molecule has 0 heterocycles. The molecule has 2 rings (SSSR count). The largest absolute Gasteiger partial charge is 0.489 e. The van der Waals surface area contributed by atoms with Crippen LogP contribution in [0, 0.1) is 18.3 Å². The van der Waals surface area contributed by atoms with E-state index < -0.39 is 0 Å². The van der Waals surface area contributed by atoms with Crippen LogP contribution in [0.4, 0.5) is 0 Å². The number of para-hydroxylation sites is 1. The van der Waals surface area contributed by atoms with Crippen molar-refractivity contribution in [2.75, 3.05) is 0 Å². The molecule has 1 aromatic carbocycles. The van der Waals surface area contributed by atoms with Crippen molar-refractivity contribution in [2.45, 2.75) is 53.1 Å². The summed E-state index contributed by atoms with van der Waals surface area (Å²) in [6, 6.07) is 5.97. The molecule has 1 aliphatic rings. The summed E-state index contributed by atoms with van der Waals surface area (Å²) in [5.74, 6) is 1.57. The molecular weight excluding hydrogens is 266 g/mol. The Morgan fingerprint density at radius 2 is 2.05 bits per heavy atom. The van der Waals surface area contributed by atoms with E-state index >= 15 is 0 Å². The van der Waals surface area contributed by atoms with Gasteiger partial charge in [-0.3, -0.25) is 0 Å². The van der Waals surface area contributed by atoms with Gasteiger partial charge in [-0.2, -0.15) is 0 Å². The fourth-order valence-electron chi connectivity index (χ4n) is 3.52. The van der Waals surface area contributed by atoms with E-state index in [9.17, 15) is 0 Å². The Labute approximate surface area is 127 Å². The van der Waals surface area contributed by atoms with Crippen LogP contribution in [0.2, 0.25) is 0 Å². The van der Waals surface area contributed by atoms with Gasteiger partial charge in [-0.1, -0.05) is 45.1 Å². The van der Waals surface area contributed by atoms with Crippen molar-refractivity contribution in [3.8, 4) is 5.75 Å². The highest BCUT2D eigenvalue weighted by atomic mass is 32.1. The molecule has 2 nitrogen and oxygen atoms in total. The molecule has 20 heavy (non-hydrogen) atoms. The van der Waals surface area contributed by atoms with Crippen LogP contribution in [0.3, 0.4) is 0 Å². The van der Waals surface area contributed by atoms with Crippen LogP contribution in [0.25, 0.3) is 0 Å². The molecule has 0 bridgehead atoms. The van der Waals surface area contributed by atoms with Crippen molar-refractivity contribution in [3.05, 3.63) is 29.3 Å². The van der Waals surface area contributed by atoms with Gasteiger partial charge < -0.3 is 10.5 Å². The van der Waals surface area contributed by atoms with Gasteiger partial charge in [-0.15, -0.1) is 0 Å². The molecule has 3 heteroatoms. The smallest absolute Gasteiger partial charge is 0.132 e. The molecule has 0 aliphatic heterocycles. The topological polar surface area (TPSA) is 35.2 Å². The lowest BCUT2D eigenvalue weighted by Gasteiger charge is -2.39. The Balaban J connectivity index is 2.24. The maximum atomic E-state index is 6.32. The minimum absolute atomic E-state index is 0.253. The molecule has 0 saturated heterocycles. The summed E-state index contributed by atoms with van der Waals surface area (Å²) in [4.78, 5) is 0.409. The number of nitrogens with two attached hydrogens (primary N) is 1. The minimum atomic E-state index is 0.253. The van der Waals surface area contributed by atoms with Gasteiger partial charge >= 0.3 is 0 Å². The average Bonchev–Trinajstić information content (AvgIpc) is 2.28. The molecule has 1 saturated carbocycles. The number of ether oxygens (including phenoxy) is 1. The summed E-state index contributed by atoms with van der Waals surface area (Å²) in [5, 5.41) is 0. The van der Waals surface area contributed by atoms with Gasteiger partial charge in [0.15, 0.2) is 0 Å². The number of aryl methyl sites for hydroxylation is 1. The van der Waals surface area contributed by atoms with Gasteiger partial charge in [0.25, 0.3) is 0 Å². The first-order chi connectivity index (χ1) is 9.28. The summed E-state index contributed by atoms with van der Waals surface area (Å²) in [7, 11) is 0. The van der Waals surface area contributed by atoms with E-state index in [1.165, 1.54) is 6.42 Å². The quantitative estimate of drug-likeness (QED) is 0.847. The highest BCUT2D eigenvalue weighted by Gasteiger charge is 2.33. The van der Waals surface area contributed by atoms with E-state index in [0.717, 1.165) is 29.7 Å². The van der Waals surface area contributed by atoms with E-state index in [0.29, 0.717) is 16.3 Å². The Morgan fingerprint density at radius 1 is 1.35 bits per heavy atom. The lowest BCUT2D eigenvalue weighted by atomic mass is 9.71. The lowest BCUT2D eigenvalue weighted by molar-refractivity contribution is 0.0557. The Hall–Kier alpha value is -1.09. The zero-order valence-electron chi connectivity index (χ0n) is 12.9. The molecule has 1 aromatic rings. The molecule has 1 aliphatic carbocycles. The standard InChI is InChI=1S/C17H25NOS/c1-11-8-13(10-17(3,4)9-11)19-15-12(2)6-5-7-14(15)16(18)20/h5-7,11,13H,8-10H2,1-4H3,(H2,18,20). The van der Waals surface area contributed by atoms with Crippen molar-refractivity contribution >= 4 is 17.2 Å². The number of rotatable bonds is 3.